The second kappa shape index (κ2) is 56.4. The first kappa shape index (κ1) is 114. The Bertz CT molecular complexity index is 6820. The van der Waals surface area contributed by atoms with Crippen molar-refractivity contribution in [1.29, 1.82) is 0 Å². The van der Waals surface area contributed by atoms with Gasteiger partial charge in [-0.1, -0.05) is 184 Å². The van der Waals surface area contributed by atoms with E-state index < -0.39 is 0 Å². The minimum Gasteiger partial charge on any atom is -0.497 e. The Morgan fingerprint density at radius 3 is 0.807 bits per heavy atom. The second-order valence-electron chi connectivity index (χ2n) is 37.0. The van der Waals surface area contributed by atoms with Crippen LogP contribution in [-0.4, -0.2) is 175 Å². The maximum atomic E-state index is 12.5. The Hall–Kier alpha value is -15.8. The normalized spacial score (nSPS) is 11.6. The molecule has 0 spiro atoms. The van der Waals surface area contributed by atoms with Crippen molar-refractivity contribution in [1.82, 2.24) is 57.0 Å². The number of aryl methyl sites for hydroxylation is 2. The van der Waals surface area contributed by atoms with E-state index in [1.54, 1.807) is 32.0 Å². The number of methoxy groups -OCH3 is 3. The molecule has 0 bridgehead atoms. The van der Waals surface area contributed by atoms with Gasteiger partial charge in [0.15, 0.2) is 49.4 Å². The molecule has 3 aliphatic rings. The number of ketones is 5. The van der Waals surface area contributed by atoms with Gasteiger partial charge in [-0.05, 0) is 279 Å². The van der Waals surface area contributed by atoms with Crippen molar-refractivity contribution in [3.8, 4) is 46.0 Å². The third-order valence-corrected chi connectivity index (χ3v) is 25.3. The summed E-state index contributed by atoms with van der Waals surface area (Å²) in [5.41, 5.74) is 16.8. The molecule has 150 heavy (non-hydrogen) atoms. The number of rotatable bonds is 38. The molecule has 2 aromatic heterocycles. The quantitative estimate of drug-likeness (QED) is 0.0162. The zero-order chi connectivity index (χ0) is 108. The smallest absolute Gasteiger partial charge is 0.274 e. The molecule has 0 aliphatic heterocycles. The minimum absolute atomic E-state index is 0.0281. The van der Waals surface area contributed by atoms with Crippen LogP contribution in [0.5, 0.6) is 46.0 Å². The molecule has 0 saturated carbocycles. The summed E-state index contributed by atoms with van der Waals surface area (Å²) in [6, 6.07) is 74.6. The molecule has 9 N–H and O–H groups in total. The van der Waals surface area contributed by atoms with Crippen LogP contribution in [0.25, 0.3) is 40.0 Å². The number of ether oxygens (including phenoxy) is 8. The molecule has 0 atom stereocenters. The lowest BCUT2D eigenvalue weighted by molar-refractivity contribution is -0.120. The summed E-state index contributed by atoms with van der Waals surface area (Å²) in [5, 5.41) is 26.6. The van der Waals surface area contributed by atoms with E-state index in [1.165, 1.54) is 27.8 Å². The van der Waals surface area contributed by atoms with Gasteiger partial charge in [0.25, 0.3) is 29.5 Å². The van der Waals surface area contributed by atoms with Crippen LogP contribution in [0.1, 0.15) is 181 Å². The molecular weight excluding hydrogens is 1980 g/mol. The molecule has 12 aromatic rings. The minimum atomic E-state index is -0.333. The van der Waals surface area contributed by atoms with Crippen LogP contribution < -0.4 is 85.7 Å². The molecule has 33 heteroatoms. The number of nitrogens with one attached hydrogen (secondary N) is 9. The van der Waals surface area contributed by atoms with Crippen molar-refractivity contribution in [3.63, 3.8) is 0 Å². The molecule has 5 amide bonds. The SMILES string of the molecule is CC(C)c1ccc(OCC(=O)CNC(=O)c2cc3ccccc3n2C)cc1.CC(C)c1ccc(OCC(=O)CNC(=S)NC(=O)c2cc3ccccc3n2C)cc1.COc1ccc2c(c1)C=C(C(=O)NC(=S)NCC(=O)COc1ccc(C(C)C)cc1)C2.COc1ccc2c(c1)CC(C(=O)NC(=S)NCC(=O)COc1ccc(C(C)C)cc1)=C2.COc1ccc2c(c1)CC(C(=O)NC(=S)NCC(=O)COc1ccc(C(C)C)cc1)=C2. The number of carbonyl (C=O) groups excluding carboxylic acids is 10. The monoisotopic (exact) mass is 2100 g/mol. The van der Waals surface area contributed by atoms with Crippen molar-refractivity contribution in [2.24, 2.45) is 14.1 Å². The van der Waals surface area contributed by atoms with E-state index in [9.17, 15) is 47.9 Å². The largest absolute Gasteiger partial charge is 0.497 e. The van der Waals surface area contributed by atoms with E-state index in [2.05, 4.69) is 117 Å². The molecular formula is C117H127N11O18S4. The predicted molar refractivity (Wildman–Crippen MR) is 602 cm³/mol. The van der Waals surface area contributed by atoms with Gasteiger partial charge in [0, 0.05) is 71.9 Å². The highest BCUT2D eigenvalue weighted by Gasteiger charge is 2.26. The number of aromatic nitrogens is 2. The maximum Gasteiger partial charge on any atom is 0.274 e. The van der Waals surface area contributed by atoms with Crippen LogP contribution >= 0.6 is 48.9 Å². The third-order valence-electron chi connectivity index (χ3n) is 24.3. The third kappa shape index (κ3) is 34.9. The van der Waals surface area contributed by atoms with E-state index in [-0.39, 0.29) is 145 Å². The number of fused-ring (bicyclic) bond motifs is 5. The molecule has 29 nitrogen and oxygen atoms in total. The van der Waals surface area contributed by atoms with Crippen molar-refractivity contribution in [2.75, 3.05) is 87.1 Å². The molecule has 2 heterocycles. The standard InChI is InChI=1S/3C24H26N2O4S.C23H25N3O3S.C22H24N2O3/c3*1-15(2)16-4-7-21(8-5-16)30-14-20(27)13-25-24(31)26-23(28)19-10-17-6-9-22(29-3)12-18(17)11-19;1-15(2)16-8-10-19(11-9-16)29-14-18(27)13-24-23(30)25-22(28)21-12-17-6-4-5-7-20(17)26(21)3;1-15(2)16-8-10-19(11-9-16)27-14-18(25)13-23-22(26)21-12-17-6-4-5-7-20(17)24(21)3/h4-9,11-12,15H,10,13-14H2,1-3H3,(H2,25,26,28,31);2*4-10,12,15H,11,13-14H2,1-3H3,(H2,25,26,28,31);4-12,15H,13-14H2,1-3H3,(H2,24,25,28,30);4-12,15H,13-14H2,1-3H3,(H,23,26). The first-order valence-electron chi connectivity index (χ1n) is 49.0. The highest BCUT2D eigenvalue weighted by atomic mass is 32.1. The summed E-state index contributed by atoms with van der Waals surface area (Å²) >= 11 is 20.6. The van der Waals surface area contributed by atoms with Gasteiger partial charge in [0.2, 0.25) is 0 Å². The van der Waals surface area contributed by atoms with Crippen LogP contribution in [0.2, 0.25) is 0 Å². The molecule has 0 saturated heterocycles. The number of benzene rings is 10. The summed E-state index contributed by atoms with van der Waals surface area (Å²) in [6.45, 7) is 20.6. The Balaban J connectivity index is 0.000000178. The summed E-state index contributed by atoms with van der Waals surface area (Å²) in [5.74, 6) is 5.27. The van der Waals surface area contributed by atoms with E-state index >= 15 is 0 Å². The fraction of sp³-hybridized carbons (Fsp3) is 0.282. The Labute approximate surface area is 895 Å². The van der Waals surface area contributed by atoms with E-state index in [0.717, 1.165) is 72.4 Å². The average Bonchev–Trinajstić information content (AvgIpc) is 1.62. The van der Waals surface area contributed by atoms with Crippen LogP contribution in [-0.2, 0) is 71.7 Å². The lowest BCUT2D eigenvalue weighted by Gasteiger charge is -2.11. The molecule has 0 radical (unpaired) electrons. The Morgan fingerprint density at radius 1 is 0.273 bits per heavy atom. The zero-order valence-electron chi connectivity index (χ0n) is 86.7. The van der Waals surface area contributed by atoms with Gasteiger partial charge in [-0.25, -0.2) is 0 Å². The summed E-state index contributed by atoms with van der Waals surface area (Å²) < 4.78 is 46.8. The number of Topliss-reactive ketones (excluding diaryl/α,β-unsaturated/α-hetero) is 5. The number of hydrogen-bond acceptors (Lipinski definition) is 22. The number of nitrogens with zero attached hydrogens (tertiary/aromatic N) is 2. The number of thiocarbonyl (C=S) groups is 4. The van der Waals surface area contributed by atoms with E-state index in [4.69, 9.17) is 86.8 Å². The molecule has 0 fully saturated rings. The van der Waals surface area contributed by atoms with Crippen LogP contribution in [0.3, 0.4) is 0 Å². The molecule has 15 rings (SSSR count). The van der Waals surface area contributed by atoms with Gasteiger partial charge in [0.1, 0.15) is 90.4 Å². The lowest BCUT2D eigenvalue weighted by atomic mass is 10.0. The summed E-state index contributed by atoms with van der Waals surface area (Å²) in [7, 11) is 8.48. The highest BCUT2D eigenvalue weighted by Crippen LogP contribution is 2.34. The van der Waals surface area contributed by atoms with Gasteiger partial charge >= 0.3 is 0 Å². The Morgan fingerprint density at radius 2 is 0.520 bits per heavy atom. The van der Waals surface area contributed by atoms with Crippen molar-refractivity contribution in [2.45, 2.75) is 118 Å². The average molecular weight is 2100 g/mol. The first-order chi connectivity index (χ1) is 71.9. The Kier molecular flexibility index (Phi) is 43.0. The fourth-order valence-electron chi connectivity index (χ4n) is 15.5. The molecule has 782 valence electrons. The number of carbonyl (C=O) groups is 10. The molecule has 10 aromatic carbocycles. The van der Waals surface area contributed by atoms with Crippen LogP contribution in [0, 0.1) is 0 Å². The number of amides is 5. The first-order valence-corrected chi connectivity index (χ1v) is 50.6. The zero-order valence-corrected chi connectivity index (χ0v) is 90.0. The van der Waals surface area contributed by atoms with E-state index in [0.29, 0.717) is 106 Å². The van der Waals surface area contributed by atoms with Crippen molar-refractivity contribution in [3.05, 3.63) is 326 Å². The van der Waals surface area contributed by atoms with Gasteiger partial charge in [-0.2, -0.15) is 0 Å². The van der Waals surface area contributed by atoms with Gasteiger partial charge in [0.05, 0.1) is 54.1 Å². The summed E-state index contributed by atoms with van der Waals surface area (Å²) in [4.78, 5) is 123. The van der Waals surface area contributed by atoms with Crippen LogP contribution in [0.4, 0.5) is 0 Å². The number of para-hydroxylation sites is 2. The van der Waals surface area contributed by atoms with Gasteiger partial charge in [-0.15, -0.1) is 0 Å². The lowest BCUT2D eigenvalue weighted by Crippen LogP contribution is -2.42. The second-order valence-corrected chi connectivity index (χ2v) is 38.6. The van der Waals surface area contributed by atoms with Gasteiger partial charge < -0.3 is 73.6 Å². The summed E-state index contributed by atoms with van der Waals surface area (Å²) in [6.07, 6.45) is 7.01. The predicted octanol–water partition coefficient (Wildman–Crippen LogP) is 17.4. The maximum absolute atomic E-state index is 12.5. The van der Waals surface area contributed by atoms with Gasteiger partial charge in [-0.3, -0.25) is 69.2 Å². The highest BCUT2D eigenvalue weighted by molar-refractivity contribution is 7.80. The van der Waals surface area contributed by atoms with E-state index in [1.807, 2.05) is 267 Å². The molecule has 3 aliphatic carbocycles. The van der Waals surface area contributed by atoms with Crippen molar-refractivity contribution >= 4 is 168 Å². The topological polar surface area (TPSA) is 363 Å². The fourth-order valence-corrected chi connectivity index (χ4v) is 16.1. The number of hydrogen-bond donors (Lipinski definition) is 9. The van der Waals surface area contributed by atoms with Crippen molar-refractivity contribution < 1.29 is 85.8 Å². The van der Waals surface area contributed by atoms with Crippen LogP contribution in [0.15, 0.2) is 253 Å². The molecule has 0 unspecified atom stereocenters.